The molecule has 4 aliphatic carbocycles. The van der Waals surface area contributed by atoms with Crippen LogP contribution in [-0.4, -0.2) is 42.0 Å². The zero-order valence-electron chi connectivity index (χ0n) is 21.2. The van der Waals surface area contributed by atoms with Crippen LogP contribution in [0, 0.1) is 52.3 Å². The Morgan fingerprint density at radius 3 is 2.30 bits per heavy atom. The maximum atomic E-state index is 11.7. The van der Waals surface area contributed by atoms with Crippen LogP contribution in [0.2, 0.25) is 0 Å². The summed E-state index contributed by atoms with van der Waals surface area (Å²) >= 11 is 0. The molecule has 0 radical (unpaired) electrons. The Bertz CT molecular complexity index is 792. The molecule has 186 valence electrons. The van der Waals surface area contributed by atoms with Crippen molar-refractivity contribution in [1.82, 2.24) is 0 Å². The van der Waals surface area contributed by atoms with E-state index in [0.717, 1.165) is 51.4 Å². The van der Waals surface area contributed by atoms with Crippen molar-refractivity contribution in [2.75, 3.05) is 6.61 Å². The van der Waals surface area contributed by atoms with Gasteiger partial charge in [0.1, 0.15) is 0 Å². The van der Waals surface area contributed by atoms with Gasteiger partial charge in [-0.05, 0) is 104 Å². The molecule has 33 heavy (non-hydrogen) atoms. The minimum absolute atomic E-state index is 0. The fourth-order valence-corrected chi connectivity index (χ4v) is 9.77. The summed E-state index contributed by atoms with van der Waals surface area (Å²) in [5.74, 6) is 2.69. The average Bonchev–Trinajstić information content (AvgIpc) is 3.06. The van der Waals surface area contributed by atoms with Gasteiger partial charge in [-0.1, -0.05) is 34.1 Å². The van der Waals surface area contributed by atoms with Crippen molar-refractivity contribution in [3.63, 3.8) is 0 Å². The Hall–Kier alpha value is 0.790. The van der Waals surface area contributed by atoms with E-state index in [1.165, 1.54) is 0 Å². The average molecular weight is 495 g/mol. The molecular formula is C25H43NaO6S. The number of aliphatic hydroxyl groups excluding tert-OH is 2. The molecule has 5 unspecified atom stereocenters. The summed E-state index contributed by atoms with van der Waals surface area (Å²) in [7, 11) is -4.64. The van der Waals surface area contributed by atoms with E-state index in [0.29, 0.717) is 36.0 Å². The van der Waals surface area contributed by atoms with E-state index in [1.54, 1.807) is 0 Å². The van der Waals surface area contributed by atoms with Gasteiger partial charge in [0.05, 0.1) is 18.8 Å². The van der Waals surface area contributed by atoms with Crippen LogP contribution in [0.3, 0.4) is 0 Å². The Morgan fingerprint density at radius 2 is 1.67 bits per heavy atom. The number of rotatable bonds is 6. The van der Waals surface area contributed by atoms with E-state index in [-0.39, 0.29) is 71.0 Å². The van der Waals surface area contributed by atoms with Crippen LogP contribution >= 0.6 is 0 Å². The molecule has 8 heteroatoms. The van der Waals surface area contributed by atoms with E-state index in [2.05, 4.69) is 31.9 Å². The third-order valence-corrected chi connectivity index (χ3v) is 11.4. The minimum Gasteiger partial charge on any atom is -0.726 e. The first-order valence-electron chi connectivity index (χ1n) is 12.9. The topological polar surface area (TPSA) is 107 Å². The standard InChI is InChI=1S/C25H44O6S.Na/c1-5-17-21-14-16(26)8-11-25(21,4)20-9-12-24(3)18(6-7-19(24)22(20)23(17)27)15(2)10-13-31-32(28,29)30;/h15-23,26-27H,5-14H2,1-4H3,(H,28,29,30);/q;+1/p-1/t15?,16?,17?,18-,19-,20+,21-,22?,23?,24+,25+;/m0./s1. The quantitative estimate of drug-likeness (QED) is 0.326. The van der Waals surface area contributed by atoms with E-state index in [9.17, 15) is 23.2 Å². The van der Waals surface area contributed by atoms with Crippen molar-refractivity contribution in [2.24, 2.45) is 52.3 Å². The van der Waals surface area contributed by atoms with Gasteiger partial charge in [0.25, 0.3) is 0 Å². The summed E-state index contributed by atoms with van der Waals surface area (Å²) < 4.78 is 37.0. The van der Waals surface area contributed by atoms with Gasteiger partial charge < -0.3 is 14.8 Å². The van der Waals surface area contributed by atoms with E-state index < -0.39 is 10.4 Å². The van der Waals surface area contributed by atoms with Crippen molar-refractivity contribution >= 4 is 10.4 Å². The zero-order valence-corrected chi connectivity index (χ0v) is 24.0. The fraction of sp³-hybridized carbons (Fsp3) is 1.00. The first-order chi connectivity index (χ1) is 14.9. The second-order valence-corrected chi connectivity index (χ2v) is 13.2. The van der Waals surface area contributed by atoms with Crippen molar-refractivity contribution < 1.29 is 56.9 Å². The van der Waals surface area contributed by atoms with Crippen molar-refractivity contribution in [1.29, 1.82) is 0 Å². The van der Waals surface area contributed by atoms with E-state index in [4.69, 9.17) is 0 Å². The molecule has 0 heterocycles. The van der Waals surface area contributed by atoms with Gasteiger partial charge in [-0.15, -0.1) is 0 Å². The van der Waals surface area contributed by atoms with Crippen LogP contribution in [-0.2, 0) is 14.6 Å². The number of hydrogen-bond acceptors (Lipinski definition) is 6. The van der Waals surface area contributed by atoms with Crippen molar-refractivity contribution in [3.05, 3.63) is 0 Å². The van der Waals surface area contributed by atoms with Gasteiger partial charge in [-0.25, -0.2) is 8.42 Å². The SMILES string of the molecule is CCC1C(O)C2[C@@H](CC[C@]3(C)[C@H](C(C)CCOS(=O)(=O)[O-])CC[C@@H]23)[C@@]2(C)CCC(O)C[C@@H]12.[Na+]. The first-order valence-corrected chi connectivity index (χ1v) is 14.2. The van der Waals surface area contributed by atoms with Crippen LogP contribution in [0.4, 0.5) is 0 Å². The summed E-state index contributed by atoms with van der Waals surface area (Å²) in [6.07, 6.45) is 8.26. The molecule has 6 nitrogen and oxygen atoms in total. The molecule has 0 aromatic carbocycles. The molecule has 4 fully saturated rings. The number of hydrogen-bond donors (Lipinski definition) is 2. The molecule has 2 N–H and O–H groups in total. The zero-order chi connectivity index (χ0) is 23.5. The van der Waals surface area contributed by atoms with Crippen molar-refractivity contribution in [3.8, 4) is 0 Å². The summed E-state index contributed by atoms with van der Waals surface area (Å²) in [5.41, 5.74) is 0.332. The molecule has 0 saturated heterocycles. The first kappa shape index (κ1) is 28.4. The maximum Gasteiger partial charge on any atom is 1.00 e. The van der Waals surface area contributed by atoms with Crippen LogP contribution in [0.15, 0.2) is 0 Å². The largest absolute Gasteiger partial charge is 1.00 e. The molecule has 0 spiro atoms. The molecule has 0 aliphatic heterocycles. The monoisotopic (exact) mass is 494 g/mol. The predicted octanol–water partition coefficient (Wildman–Crippen LogP) is 1.12. The van der Waals surface area contributed by atoms with Gasteiger partial charge >= 0.3 is 29.6 Å². The maximum absolute atomic E-state index is 11.7. The normalized spacial score (nSPS) is 48.2. The third-order valence-electron chi connectivity index (χ3n) is 11.0. The minimum atomic E-state index is -4.64. The molecule has 4 saturated carbocycles. The van der Waals surface area contributed by atoms with Crippen LogP contribution in [0.1, 0.15) is 85.5 Å². The smallest absolute Gasteiger partial charge is 0.726 e. The van der Waals surface area contributed by atoms with E-state index >= 15 is 0 Å². The fourth-order valence-electron chi connectivity index (χ4n) is 9.47. The van der Waals surface area contributed by atoms with Crippen molar-refractivity contribution in [2.45, 2.75) is 97.7 Å². The summed E-state index contributed by atoms with van der Waals surface area (Å²) in [4.78, 5) is 0. The molecule has 0 bridgehead atoms. The molecular weight excluding hydrogens is 451 g/mol. The Morgan fingerprint density at radius 1 is 1.03 bits per heavy atom. The summed E-state index contributed by atoms with van der Waals surface area (Å²) in [6.45, 7) is 9.17. The molecule has 0 aromatic heterocycles. The van der Waals surface area contributed by atoms with Gasteiger partial charge in [-0.3, -0.25) is 4.18 Å². The number of aliphatic hydroxyl groups is 2. The predicted molar refractivity (Wildman–Crippen MR) is 121 cm³/mol. The molecule has 11 atom stereocenters. The number of fused-ring (bicyclic) bond motifs is 5. The van der Waals surface area contributed by atoms with Crippen LogP contribution in [0.25, 0.3) is 0 Å². The van der Waals surface area contributed by atoms with E-state index in [1.807, 2.05) is 0 Å². The summed E-state index contributed by atoms with van der Waals surface area (Å²) in [5, 5.41) is 22.1. The van der Waals surface area contributed by atoms with Gasteiger partial charge in [0, 0.05) is 0 Å². The second kappa shape index (κ2) is 10.3. The molecule has 0 amide bonds. The van der Waals surface area contributed by atoms with Gasteiger partial charge in [-0.2, -0.15) is 0 Å². The van der Waals surface area contributed by atoms with Crippen LogP contribution in [0.5, 0.6) is 0 Å². The second-order valence-electron chi connectivity index (χ2n) is 12.1. The van der Waals surface area contributed by atoms with Gasteiger partial charge in [0.15, 0.2) is 0 Å². The Labute approximate surface area is 222 Å². The Kier molecular flexibility index (Phi) is 8.83. The Balaban J connectivity index is 0.00000306. The molecule has 4 rings (SSSR count). The molecule has 4 aliphatic rings. The van der Waals surface area contributed by atoms with Gasteiger partial charge in [0.2, 0.25) is 10.4 Å². The van der Waals surface area contributed by atoms with Crippen LogP contribution < -0.4 is 29.6 Å². The third kappa shape index (κ3) is 5.01. The molecule has 0 aromatic rings. The summed E-state index contributed by atoms with van der Waals surface area (Å²) in [6, 6.07) is 0.